The molecule has 2 aliphatic heterocycles. The Kier molecular flexibility index (Phi) is 5.86. The topological polar surface area (TPSA) is 45.1 Å². The molecule has 2 atom stereocenters. The van der Waals surface area contributed by atoms with E-state index in [0.29, 0.717) is 5.02 Å². The first-order valence-corrected chi connectivity index (χ1v) is 10.8. The number of amidine groups is 1. The molecule has 4 nitrogen and oxygen atoms in total. The SMILES string of the molecule is CC(C)(O)C(C)(C)O[B]c1ccc(C2C(c3ccccc3)N=C3C=CC=CN32)c(Cl)c1. The zero-order valence-electron chi connectivity index (χ0n) is 18.3. The number of rotatable bonds is 6. The molecule has 2 aromatic carbocycles. The summed E-state index contributed by atoms with van der Waals surface area (Å²) in [6, 6.07) is 16.2. The largest absolute Gasteiger partial charge is 0.427 e. The van der Waals surface area contributed by atoms with Gasteiger partial charge in [0.1, 0.15) is 11.9 Å². The molecule has 0 fully saturated rings. The number of allylic oxidation sites excluding steroid dienone is 2. The fraction of sp³-hybridized carbons (Fsp3) is 0.320. The fourth-order valence-corrected chi connectivity index (χ4v) is 3.90. The van der Waals surface area contributed by atoms with Crippen molar-refractivity contribution >= 4 is 30.4 Å². The molecule has 0 saturated heterocycles. The van der Waals surface area contributed by atoms with E-state index in [1.807, 2.05) is 68.5 Å². The summed E-state index contributed by atoms with van der Waals surface area (Å²) in [5.74, 6) is 0.934. The Balaban J connectivity index is 1.62. The van der Waals surface area contributed by atoms with Crippen molar-refractivity contribution in [3.05, 3.63) is 89.1 Å². The van der Waals surface area contributed by atoms with E-state index in [2.05, 4.69) is 23.2 Å². The molecule has 1 radical (unpaired) electrons. The molecule has 0 bridgehead atoms. The second kappa shape index (κ2) is 8.31. The summed E-state index contributed by atoms with van der Waals surface area (Å²) in [5.41, 5.74) is 1.28. The molecular formula is C25H27BClN2O2. The number of aliphatic imine (C=N–C) groups is 1. The summed E-state index contributed by atoms with van der Waals surface area (Å²) in [7, 11) is 1.66. The van der Waals surface area contributed by atoms with E-state index in [0.717, 1.165) is 22.4 Å². The molecule has 6 heteroatoms. The van der Waals surface area contributed by atoms with Gasteiger partial charge in [-0.05, 0) is 57.0 Å². The van der Waals surface area contributed by atoms with Crippen LogP contribution in [0.15, 0.2) is 78.0 Å². The van der Waals surface area contributed by atoms with Gasteiger partial charge in [-0.15, -0.1) is 0 Å². The first-order valence-electron chi connectivity index (χ1n) is 10.5. The Bertz CT molecular complexity index is 1040. The minimum absolute atomic E-state index is 0.0334. The average molecular weight is 434 g/mol. The maximum atomic E-state index is 10.3. The quantitative estimate of drug-likeness (QED) is 0.670. The lowest BCUT2D eigenvalue weighted by molar-refractivity contribution is -0.0893. The zero-order chi connectivity index (χ0) is 22.2. The highest BCUT2D eigenvalue weighted by Crippen LogP contribution is 2.45. The minimum atomic E-state index is -0.984. The molecule has 0 spiro atoms. The molecule has 2 aliphatic rings. The monoisotopic (exact) mass is 433 g/mol. The molecule has 31 heavy (non-hydrogen) atoms. The number of aliphatic hydroxyl groups is 1. The lowest BCUT2D eigenvalue weighted by Crippen LogP contribution is -2.49. The molecule has 2 unspecified atom stereocenters. The second-order valence-corrected chi connectivity index (χ2v) is 9.39. The van der Waals surface area contributed by atoms with Crippen LogP contribution in [-0.2, 0) is 4.65 Å². The van der Waals surface area contributed by atoms with Crippen LogP contribution < -0.4 is 5.46 Å². The summed E-state index contributed by atoms with van der Waals surface area (Å²) in [4.78, 5) is 7.16. The first-order chi connectivity index (χ1) is 14.7. The summed E-state index contributed by atoms with van der Waals surface area (Å²) in [6.07, 6.45) is 8.10. The molecule has 1 N–H and O–H groups in total. The molecule has 0 saturated carbocycles. The van der Waals surface area contributed by atoms with Gasteiger partial charge >= 0.3 is 7.48 Å². The molecule has 2 heterocycles. The fourth-order valence-electron chi connectivity index (χ4n) is 3.60. The van der Waals surface area contributed by atoms with Crippen molar-refractivity contribution in [3.8, 4) is 0 Å². The van der Waals surface area contributed by atoms with E-state index < -0.39 is 11.2 Å². The third kappa shape index (κ3) is 4.36. The maximum absolute atomic E-state index is 10.3. The van der Waals surface area contributed by atoms with Crippen LogP contribution in [0.25, 0.3) is 0 Å². The Hall–Kier alpha value is -2.34. The normalized spacial score (nSPS) is 20.6. The van der Waals surface area contributed by atoms with Gasteiger partial charge in [0.2, 0.25) is 0 Å². The highest BCUT2D eigenvalue weighted by Gasteiger charge is 2.38. The summed E-state index contributed by atoms with van der Waals surface area (Å²) >= 11 is 6.79. The van der Waals surface area contributed by atoms with Crippen LogP contribution in [0.1, 0.15) is 50.9 Å². The third-order valence-electron chi connectivity index (χ3n) is 6.18. The molecule has 0 aromatic heterocycles. The molecule has 4 rings (SSSR count). The molecule has 2 aromatic rings. The number of fused-ring (bicyclic) bond motifs is 1. The van der Waals surface area contributed by atoms with Gasteiger partial charge in [0.05, 0.1) is 17.2 Å². The third-order valence-corrected chi connectivity index (χ3v) is 6.51. The van der Waals surface area contributed by atoms with E-state index in [1.165, 1.54) is 0 Å². The molecule has 0 amide bonds. The Morgan fingerprint density at radius 3 is 2.48 bits per heavy atom. The molecular weight excluding hydrogens is 407 g/mol. The van der Waals surface area contributed by atoms with Crippen LogP contribution in [0.5, 0.6) is 0 Å². The van der Waals surface area contributed by atoms with Gasteiger partial charge < -0.3 is 14.7 Å². The Morgan fingerprint density at radius 2 is 1.81 bits per heavy atom. The van der Waals surface area contributed by atoms with E-state index in [9.17, 15) is 5.11 Å². The standard InChI is InChI=1S/C25H27BClN2O2/c1-24(2,30)25(3,4)31-26-18-13-14-19(20(27)16-18)23-22(17-10-6-5-7-11-17)28-21-12-8-9-15-29(21)23/h5-16,22-23,30H,1-4H3. The van der Waals surface area contributed by atoms with E-state index in [-0.39, 0.29) is 12.1 Å². The van der Waals surface area contributed by atoms with Gasteiger partial charge in [0.15, 0.2) is 0 Å². The van der Waals surface area contributed by atoms with Crippen LogP contribution in [0.4, 0.5) is 0 Å². The molecule has 0 aliphatic carbocycles. The van der Waals surface area contributed by atoms with E-state index in [1.54, 1.807) is 21.3 Å². The van der Waals surface area contributed by atoms with Crippen molar-refractivity contribution in [2.24, 2.45) is 4.99 Å². The number of benzene rings is 2. The van der Waals surface area contributed by atoms with Crippen LogP contribution in [0.2, 0.25) is 5.02 Å². The highest BCUT2D eigenvalue weighted by atomic mass is 35.5. The number of hydrogen-bond donors (Lipinski definition) is 1. The van der Waals surface area contributed by atoms with Crippen molar-refractivity contribution in [2.75, 3.05) is 0 Å². The smallest absolute Gasteiger partial charge is 0.330 e. The number of hydrogen-bond acceptors (Lipinski definition) is 4. The van der Waals surface area contributed by atoms with Crippen LogP contribution in [-0.4, -0.2) is 34.5 Å². The van der Waals surface area contributed by atoms with Gasteiger partial charge in [-0.1, -0.05) is 65.6 Å². The van der Waals surface area contributed by atoms with Gasteiger partial charge in [-0.25, -0.2) is 0 Å². The van der Waals surface area contributed by atoms with E-state index in [4.69, 9.17) is 21.2 Å². The first kappa shape index (κ1) is 21.9. The van der Waals surface area contributed by atoms with Crippen molar-refractivity contribution in [2.45, 2.75) is 51.0 Å². The maximum Gasteiger partial charge on any atom is 0.330 e. The van der Waals surface area contributed by atoms with Crippen molar-refractivity contribution in [1.82, 2.24) is 4.90 Å². The second-order valence-electron chi connectivity index (χ2n) is 8.98. The Labute approximate surface area is 190 Å². The van der Waals surface area contributed by atoms with Crippen LogP contribution >= 0.6 is 11.6 Å². The van der Waals surface area contributed by atoms with Crippen LogP contribution in [0.3, 0.4) is 0 Å². The van der Waals surface area contributed by atoms with Crippen LogP contribution in [0, 0.1) is 0 Å². The van der Waals surface area contributed by atoms with Gasteiger partial charge in [0, 0.05) is 11.2 Å². The summed E-state index contributed by atoms with van der Waals surface area (Å²) in [5, 5.41) is 11.0. The van der Waals surface area contributed by atoms with Gasteiger partial charge in [-0.2, -0.15) is 0 Å². The van der Waals surface area contributed by atoms with Crippen molar-refractivity contribution in [1.29, 1.82) is 0 Å². The number of nitrogens with zero attached hydrogens (tertiary/aromatic N) is 2. The predicted molar refractivity (Wildman–Crippen MR) is 128 cm³/mol. The predicted octanol–water partition coefficient (Wildman–Crippen LogP) is 4.73. The minimum Gasteiger partial charge on any atom is -0.427 e. The van der Waals surface area contributed by atoms with Gasteiger partial charge in [0.25, 0.3) is 0 Å². The number of halogens is 1. The van der Waals surface area contributed by atoms with E-state index >= 15 is 0 Å². The van der Waals surface area contributed by atoms with Gasteiger partial charge in [-0.3, -0.25) is 4.99 Å². The lowest BCUT2D eigenvalue weighted by atomic mass is 9.81. The van der Waals surface area contributed by atoms with Crippen molar-refractivity contribution < 1.29 is 9.76 Å². The lowest BCUT2D eigenvalue weighted by Gasteiger charge is -2.37. The summed E-state index contributed by atoms with van der Waals surface area (Å²) in [6.45, 7) is 7.19. The average Bonchev–Trinajstić information content (AvgIpc) is 3.12. The summed E-state index contributed by atoms with van der Waals surface area (Å²) < 4.78 is 5.89. The van der Waals surface area contributed by atoms with Crippen molar-refractivity contribution in [3.63, 3.8) is 0 Å². The highest BCUT2D eigenvalue weighted by molar-refractivity contribution is 6.48. The Morgan fingerprint density at radius 1 is 1.06 bits per heavy atom. The molecule has 159 valence electrons. The zero-order valence-corrected chi connectivity index (χ0v) is 19.0.